The molecule has 3 N–H and O–H groups in total. The smallest absolute Gasteiger partial charge is 0.220 e. The summed E-state index contributed by atoms with van der Waals surface area (Å²) in [4.78, 5) is 12.4. The first-order valence-corrected chi connectivity index (χ1v) is 23.4. The SMILES string of the molecule is CC/C=C\C/C=C\C/C=C\CCCCCCCCCC(=O)NC(CO)C(O)/C=C/CCCCCCCCCCCCCCCCCCCCCCCC. The lowest BCUT2D eigenvalue weighted by atomic mass is 10.0. The van der Waals surface area contributed by atoms with Gasteiger partial charge in [0.15, 0.2) is 0 Å². The highest BCUT2D eigenvalue weighted by Gasteiger charge is 2.17. The molecule has 0 saturated heterocycles. The zero-order valence-electron chi connectivity index (χ0n) is 35.5. The topological polar surface area (TPSA) is 69.6 Å². The number of aliphatic hydroxyl groups excluding tert-OH is 2. The van der Waals surface area contributed by atoms with E-state index in [0.29, 0.717) is 6.42 Å². The van der Waals surface area contributed by atoms with Crippen LogP contribution in [-0.2, 0) is 4.79 Å². The molecule has 0 spiro atoms. The van der Waals surface area contributed by atoms with Crippen LogP contribution in [0.1, 0.15) is 239 Å². The Labute approximate surface area is 331 Å². The third-order valence-corrected chi connectivity index (χ3v) is 10.6. The van der Waals surface area contributed by atoms with Crippen LogP contribution in [0.25, 0.3) is 0 Å². The van der Waals surface area contributed by atoms with Crippen LogP contribution in [0.4, 0.5) is 0 Å². The first kappa shape index (κ1) is 51.4. The number of carbonyl (C=O) groups excluding carboxylic acids is 1. The second kappa shape index (κ2) is 44.7. The zero-order valence-corrected chi connectivity index (χ0v) is 35.5. The minimum atomic E-state index is -0.844. The van der Waals surface area contributed by atoms with Crippen molar-refractivity contribution in [3.63, 3.8) is 0 Å². The average Bonchev–Trinajstić information content (AvgIpc) is 3.16. The highest BCUT2D eigenvalue weighted by molar-refractivity contribution is 5.76. The average molecular weight is 742 g/mol. The molecule has 1 amide bonds. The van der Waals surface area contributed by atoms with E-state index in [9.17, 15) is 15.0 Å². The minimum Gasteiger partial charge on any atom is -0.394 e. The Hall–Kier alpha value is -1.65. The van der Waals surface area contributed by atoms with Crippen molar-refractivity contribution in [3.05, 3.63) is 48.6 Å². The van der Waals surface area contributed by atoms with Gasteiger partial charge in [-0.25, -0.2) is 0 Å². The number of allylic oxidation sites excluding steroid dienone is 7. The number of aliphatic hydroxyl groups is 2. The molecule has 0 heterocycles. The maximum atomic E-state index is 12.4. The quantitative estimate of drug-likeness (QED) is 0.0431. The fourth-order valence-corrected chi connectivity index (χ4v) is 7.02. The van der Waals surface area contributed by atoms with Crippen LogP contribution in [0, 0.1) is 0 Å². The van der Waals surface area contributed by atoms with Crippen molar-refractivity contribution in [2.45, 2.75) is 251 Å². The lowest BCUT2D eigenvalue weighted by Crippen LogP contribution is -2.45. The number of nitrogens with one attached hydrogen (secondary N) is 1. The molecular formula is C49H91NO3. The second-order valence-corrected chi connectivity index (χ2v) is 15.8. The number of unbranched alkanes of at least 4 members (excludes halogenated alkanes) is 29. The summed E-state index contributed by atoms with van der Waals surface area (Å²) in [6.45, 7) is 4.21. The summed E-state index contributed by atoms with van der Waals surface area (Å²) in [7, 11) is 0. The molecule has 0 aliphatic carbocycles. The number of hydrogen-bond acceptors (Lipinski definition) is 3. The number of hydrogen-bond donors (Lipinski definition) is 3. The van der Waals surface area contributed by atoms with E-state index < -0.39 is 12.1 Å². The molecule has 4 nitrogen and oxygen atoms in total. The van der Waals surface area contributed by atoms with E-state index >= 15 is 0 Å². The Balaban J connectivity index is 3.54. The van der Waals surface area contributed by atoms with E-state index in [-0.39, 0.29) is 12.5 Å². The highest BCUT2D eigenvalue weighted by Crippen LogP contribution is 2.16. The lowest BCUT2D eigenvalue weighted by Gasteiger charge is -2.20. The van der Waals surface area contributed by atoms with Crippen LogP contribution in [0.5, 0.6) is 0 Å². The van der Waals surface area contributed by atoms with Crippen molar-refractivity contribution in [2.75, 3.05) is 6.61 Å². The largest absolute Gasteiger partial charge is 0.394 e. The molecule has 0 fully saturated rings. The molecule has 53 heavy (non-hydrogen) atoms. The predicted molar refractivity (Wildman–Crippen MR) is 235 cm³/mol. The van der Waals surface area contributed by atoms with Gasteiger partial charge in [0.2, 0.25) is 5.91 Å². The van der Waals surface area contributed by atoms with Gasteiger partial charge in [-0.1, -0.05) is 229 Å². The Morgan fingerprint density at radius 2 is 0.830 bits per heavy atom. The normalized spacial score (nSPS) is 13.4. The molecule has 0 aromatic rings. The van der Waals surface area contributed by atoms with Gasteiger partial charge in [0.05, 0.1) is 18.8 Å². The van der Waals surface area contributed by atoms with Gasteiger partial charge in [0.1, 0.15) is 0 Å². The van der Waals surface area contributed by atoms with E-state index in [1.54, 1.807) is 6.08 Å². The summed E-state index contributed by atoms with van der Waals surface area (Å²) in [5, 5.41) is 23.1. The van der Waals surface area contributed by atoms with Crippen molar-refractivity contribution in [1.82, 2.24) is 5.32 Å². The fourth-order valence-electron chi connectivity index (χ4n) is 7.02. The molecule has 0 aliphatic rings. The fraction of sp³-hybridized carbons (Fsp3) is 0.816. The standard InChI is InChI=1S/C49H91NO3/c1-3-5-7-9-11-13-15-17-19-21-22-23-24-25-26-27-29-30-32-34-36-38-40-42-44-48(52)47(46-51)50-49(53)45-43-41-39-37-35-33-31-28-20-18-16-14-12-10-8-6-4-2/h6,8,12,14,18,20,42,44,47-48,51-52H,3-5,7,9-11,13,15-17,19,21-41,43,45-46H2,1-2H3,(H,50,53)/b8-6-,14-12-,20-18-,44-42+. The van der Waals surface area contributed by atoms with E-state index in [1.165, 1.54) is 161 Å². The van der Waals surface area contributed by atoms with Gasteiger partial charge in [0, 0.05) is 6.42 Å². The molecule has 4 heteroatoms. The summed E-state index contributed by atoms with van der Waals surface area (Å²) >= 11 is 0. The van der Waals surface area contributed by atoms with Crippen LogP contribution in [0.2, 0.25) is 0 Å². The van der Waals surface area contributed by atoms with E-state index in [2.05, 4.69) is 55.6 Å². The number of carbonyl (C=O) groups is 1. The van der Waals surface area contributed by atoms with Gasteiger partial charge >= 0.3 is 0 Å². The first-order valence-electron chi connectivity index (χ1n) is 23.4. The third kappa shape index (κ3) is 41.4. The van der Waals surface area contributed by atoms with Gasteiger partial charge < -0.3 is 15.5 Å². The Morgan fingerprint density at radius 3 is 1.25 bits per heavy atom. The van der Waals surface area contributed by atoms with E-state index in [1.807, 2.05) is 6.08 Å². The van der Waals surface area contributed by atoms with Crippen molar-refractivity contribution in [2.24, 2.45) is 0 Å². The summed E-state index contributed by atoms with van der Waals surface area (Å²) in [5.74, 6) is -0.0739. The molecule has 0 radical (unpaired) electrons. The minimum absolute atomic E-state index is 0.0739. The van der Waals surface area contributed by atoms with Crippen LogP contribution in [0.15, 0.2) is 48.6 Å². The first-order chi connectivity index (χ1) is 26.2. The second-order valence-electron chi connectivity index (χ2n) is 15.8. The van der Waals surface area contributed by atoms with Crippen LogP contribution >= 0.6 is 0 Å². The van der Waals surface area contributed by atoms with E-state index in [4.69, 9.17) is 0 Å². The summed E-state index contributed by atoms with van der Waals surface area (Å²) in [6.07, 6.45) is 60.9. The molecule has 0 aliphatic heterocycles. The van der Waals surface area contributed by atoms with Crippen LogP contribution in [0.3, 0.4) is 0 Å². The molecule has 0 rings (SSSR count). The number of rotatable bonds is 42. The summed E-state index contributed by atoms with van der Waals surface area (Å²) in [5.41, 5.74) is 0. The van der Waals surface area contributed by atoms with Gasteiger partial charge in [-0.2, -0.15) is 0 Å². The van der Waals surface area contributed by atoms with Gasteiger partial charge in [-0.3, -0.25) is 4.79 Å². The van der Waals surface area contributed by atoms with E-state index in [0.717, 1.165) is 57.8 Å². The molecule has 2 atom stereocenters. The van der Waals surface area contributed by atoms with Crippen molar-refractivity contribution < 1.29 is 15.0 Å². The highest BCUT2D eigenvalue weighted by atomic mass is 16.3. The Morgan fingerprint density at radius 1 is 0.472 bits per heavy atom. The molecule has 0 saturated carbocycles. The molecule has 310 valence electrons. The van der Waals surface area contributed by atoms with Gasteiger partial charge in [-0.15, -0.1) is 0 Å². The Kier molecular flexibility index (Phi) is 43.4. The number of amides is 1. The van der Waals surface area contributed by atoms with Gasteiger partial charge in [-0.05, 0) is 51.4 Å². The molecule has 2 unspecified atom stereocenters. The van der Waals surface area contributed by atoms with Crippen molar-refractivity contribution in [3.8, 4) is 0 Å². The molecule has 0 bridgehead atoms. The van der Waals surface area contributed by atoms with Crippen LogP contribution < -0.4 is 5.32 Å². The molecule has 0 aromatic carbocycles. The van der Waals surface area contributed by atoms with Crippen molar-refractivity contribution >= 4 is 5.91 Å². The molecule has 0 aromatic heterocycles. The zero-order chi connectivity index (χ0) is 38.6. The van der Waals surface area contributed by atoms with Crippen LogP contribution in [-0.4, -0.2) is 34.9 Å². The maximum Gasteiger partial charge on any atom is 0.220 e. The Bertz CT molecular complexity index is 847. The van der Waals surface area contributed by atoms with Gasteiger partial charge in [0.25, 0.3) is 0 Å². The van der Waals surface area contributed by atoms with Crippen molar-refractivity contribution in [1.29, 1.82) is 0 Å². The maximum absolute atomic E-state index is 12.4. The lowest BCUT2D eigenvalue weighted by molar-refractivity contribution is -0.123. The monoisotopic (exact) mass is 742 g/mol. The molecular weight excluding hydrogens is 651 g/mol. The summed E-state index contributed by atoms with van der Waals surface area (Å²) < 4.78 is 0. The third-order valence-electron chi connectivity index (χ3n) is 10.6. The predicted octanol–water partition coefficient (Wildman–Crippen LogP) is 14.7. The summed E-state index contributed by atoms with van der Waals surface area (Å²) in [6, 6.07) is -0.628.